The minimum atomic E-state index is -0.0879. The van der Waals surface area contributed by atoms with Gasteiger partial charge in [-0.25, -0.2) is 4.68 Å². The lowest BCUT2D eigenvalue weighted by molar-refractivity contribution is -0.135. The molecule has 0 unspecified atom stereocenters. The van der Waals surface area contributed by atoms with Gasteiger partial charge < -0.3 is 9.80 Å². The van der Waals surface area contributed by atoms with Gasteiger partial charge in [0.1, 0.15) is 5.52 Å². The SMILES string of the molecule is Cc1nnc(N2CCC[C@H](C(=O)N(C)Cc3ccccc3)C2)c2nn(-c3ccc(Cl)cc3)c(C)c12. The van der Waals surface area contributed by atoms with Crippen LogP contribution < -0.4 is 4.90 Å². The third kappa shape index (κ3) is 4.60. The van der Waals surface area contributed by atoms with Gasteiger partial charge in [-0.05, 0) is 56.5 Å². The smallest absolute Gasteiger partial charge is 0.227 e. The van der Waals surface area contributed by atoms with Crippen LogP contribution in [0.4, 0.5) is 5.82 Å². The summed E-state index contributed by atoms with van der Waals surface area (Å²) in [4.78, 5) is 17.3. The first kappa shape index (κ1) is 23.3. The van der Waals surface area contributed by atoms with E-state index < -0.39 is 0 Å². The van der Waals surface area contributed by atoms with Gasteiger partial charge in [0.25, 0.3) is 0 Å². The quantitative estimate of drug-likeness (QED) is 0.397. The van der Waals surface area contributed by atoms with E-state index in [0.717, 1.165) is 58.7 Å². The van der Waals surface area contributed by atoms with E-state index in [-0.39, 0.29) is 11.8 Å². The van der Waals surface area contributed by atoms with Gasteiger partial charge >= 0.3 is 0 Å². The molecule has 0 saturated carbocycles. The fourth-order valence-electron chi connectivity index (χ4n) is 4.98. The molecule has 1 aliphatic rings. The highest BCUT2D eigenvalue weighted by molar-refractivity contribution is 6.30. The van der Waals surface area contributed by atoms with Crippen LogP contribution in [-0.2, 0) is 11.3 Å². The largest absolute Gasteiger partial charge is 0.352 e. The van der Waals surface area contributed by atoms with Gasteiger partial charge in [-0.15, -0.1) is 5.10 Å². The Morgan fingerprint density at radius 1 is 1.09 bits per heavy atom. The molecule has 1 saturated heterocycles. The zero-order valence-electron chi connectivity index (χ0n) is 20.3. The predicted octanol–water partition coefficient (Wildman–Crippen LogP) is 4.96. The Balaban J connectivity index is 1.42. The molecule has 0 N–H and O–H groups in total. The molecular weight excluding hydrogens is 460 g/mol. The number of benzene rings is 2. The molecule has 1 aliphatic heterocycles. The number of aromatic nitrogens is 4. The fourth-order valence-corrected chi connectivity index (χ4v) is 5.10. The molecule has 2 aromatic carbocycles. The van der Waals surface area contributed by atoms with Crippen molar-refractivity contribution in [2.45, 2.75) is 33.2 Å². The van der Waals surface area contributed by atoms with E-state index in [1.165, 1.54) is 0 Å². The lowest BCUT2D eigenvalue weighted by atomic mass is 9.96. The van der Waals surface area contributed by atoms with Crippen molar-refractivity contribution < 1.29 is 4.79 Å². The van der Waals surface area contributed by atoms with Crippen LogP contribution in [-0.4, -0.2) is 50.9 Å². The second kappa shape index (κ2) is 9.66. The first-order chi connectivity index (χ1) is 16.9. The molecule has 2 aromatic heterocycles. The summed E-state index contributed by atoms with van der Waals surface area (Å²) < 4.78 is 1.92. The van der Waals surface area contributed by atoms with Crippen molar-refractivity contribution in [3.8, 4) is 5.69 Å². The molecule has 0 spiro atoms. The molecule has 7 nitrogen and oxygen atoms in total. The average molecular weight is 489 g/mol. The van der Waals surface area contributed by atoms with Gasteiger partial charge in [0.15, 0.2) is 5.82 Å². The average Bonchev–Trinajstić information content (AvgIpc) is 3.23. The van der Waals surface area contributed by atoms with Crippen molar-refractivity contribution in [2.75, 3.05) is 25.0 Å². The molecule has 180 valence electrons. The number of fused-ring (bicyclic) bond motifs is 1. The zero-order valence-corrected chi connectivity index (χ0v) is 21.0. The zero-order chi connectivity index (χ0) is 24.5. The Kier molecular flexibility index (Phi) is 6.43. The van der Waals surface area contributed by atoms with Gasteiger partial charge in [-0.2, -0.15) is 10.2 Å². The normalized spacial score (nSPS) is 16.0. The van der Waals surface area contributed by atoms with E-state index in [2.05, 4.69) is 27.2 Å². The van der Waals surface area contributed by atoms with E-state index in [1.54, 1.807) is 0 Å². The lowest BCUT2D eigenvalue weighted by Crippen LogP contribution is -2.44. The number of rotatable bonds is 5. The number of piperidine rings is 1. The Bertz CT molecular complexity index is 1350. The molecule has 0 aliphatic carbocycles. The molecular formula is C27H29ClN6O. The number of carbonyl (C=O) groups excluding carboxylic acids is 1. The lowest BCUT2D eigenvalue weighted by Gasteiger charge is -2.34. The fraction of sp³-hybridized carbons (Fsp3) is 0.333. The highest BCUT2D eigenvalue weighted by Crippen LogP contribution is 2.32. The molecule has 35 heavy (non-hydrogen) atoms. The Labute approximate surface area is 210 Å². The van der Waals surface area contributed by atoms with Crippen LogP contribution in [0, 0.1) is 19.8 Å². The monoisotopic (exact) mass is 488 g/mol. The summed E-state index contributed by atoms with van der Waals surface area (Å²) >= 11 is 6.09. The van der Waals surface area contributed by atoms with E-state index >= 15 is 0 Å². The van der Waals surface area contributed by atoms with Crippen molar-refractivity contribution in [3.05, 3.63) is 76.6 Å². The first-order valence-corrected chi connectivity index (χ1v) is 12.3. The number of aryl methyl sites for hydroxylation is 2. The predicted molar refractivity (Wildman–Crippen MR) is 139 cm³/mol. The topological polar surface area (TPSA) is 67.2 Å². The molecule has 5 rings (SSSR count). The summed E-state index contributed by atoms with van der Waals surface area (Å²) in [6.07, 6.45) is 1.79. The number of carbonyl (C=O) groups is 1. The molecule has 4 aromatic rings. The van der Waals surface area contributed by atoms with Gasteiger partial charge in [-0.1, -0.05) is 41.9 Å². The van der Waals surface area contributed by atoms with Gasteiger partial charge in [0.05, 0.1) is 28.4 Å². The summed E-state index contributed by atoms with van der Waals surface area (Å²) in [7, 11) is 1.88. The maximum absolute atomic E-state index is 13.3. The second-order valence-corrected chi connectivity index (χ2v) is 9.71. The number of hydrogen-bond acceptors (Lipinski definition) is 5. The third-order valence-electron chi connectivity index (χ3n) is 6.76. The number of nitrogens with zero attached hydrogens (tertiary/aromatic N) is 6. The highest BCUT2D eigenvalue weighted by atomic mass is 35.5. The second-order valence-electron chi connectivity index (χ2n) is 9.27. The van der Waals surface area contributed by atoms with Crippen LogP contribution in [0.5, 0.6) is 0 Å². The van der Waals surface area contributed by atoms with E-state index in [0.29, 0.717) is 18.1 Å². The van der Waals surface area contributed by atoms with Gasteiger partial charge in [0.2, 0.25) is 5.91 Å². The minimum absolute atomic E-state index is 0.0879. The van der Waals surface area contributed by atoms with Crippen LogP contribution >= 0.6 is 11.6 Å². The number of anilines is 1. The van der Waals surface area contributed by atoms with E-state index in [9.17, 15) is 4.79 Å². The molecule has 1 atom stereocenters. The van der Waals surface area contributed by atoms with Crippen molar-refractivity contribution >= 4 is 34.2 Å². The van der Waals surface area contributed by atoms with Crippen LogP contribution in [0.15, 0.2) is 54.6 Å². The van der Waals surface area contributed by atoms with Crippen LogP contribution in [0.3, 0.4) is 0 Å². The molecule has 8 heteroatoms. The van der Waals surface area contributed by atoms with E-state index in [4.69, 9.17) is 16.7 Å². The highest BCUT2D eigenvalue weighted by Gasteiger charge is 2.31. The minimum Gasteiger partial charge on any atom is -0.352 e. The third-order valence-corrected chi connectivity index (χ3v) is 7.02. The Morgan fingerprint density at radius 3 is 2.57 bits per heavy atom. The van der Waals surface area contributed by atoms with Crippen molar-refractivity contribution in [1.82, 2.24) is 24.9 Å². The Morgan fingerprint density at radius 2 is 1.83 bits per heavy atom. The van der Waals surface area contributed by atoms with Crippen molar-refractivity contribution in [1.29, 1.82) is 0 Å². The molecule has 3 heterocycles. The van der Waals surface area contributed by atoms with Crippen LogP contribution in [0.2, 0.25) is 5.02 Å². The Hall–Kier alpha value is -3.45. The first-order valence-electron chi connectivity index (χ1n) is 11.9. The summed E-state index contributed by atoms with van der Waals surface area (Å²) in [5.41, 5.74) is 4.72. The molecule has 1 amide bonds. The summed E-state index contributed by atoms with van der Waals surface area (Å²) in [5.74, 6) is 0.817. The summed E-state index contributed by atoms with van der Waals surface area (Å²) in [6.45, 7) is 6.05. The molecule has 0 radical (unpaired) electrons. The van der Waals surface area contributed by atoms with Crippen molar-refractivity contribution in [3.63, 3.8) is 0 Å². The number of hydrogen-bond donors (Lipinski definition) is 0. The summed E-state index contributed by atoms with van der Waals surface area (Å²) in [6, 6.07) is 17.7. The van der Waals surface area contributed by atoms with Gasteiger partial charge in [0, 0.05) is 31.7 Å². The molecule has 0 bridgehead atoms. The standard InChI is InChI=1S/C27H29ClN6O/c1-18-24-19(2)34(23-13-11-22(28)12-14-23)31-25(24)26(30-29-18)33-15-7-10-21(17-33)27(35)32(3)16-20-8-5-4-6-9-20/h4-6,8-9,11-14,21H,7,10,15-17H2,1-3H3/t21-/m0/s1. The maximum atomic E-state index is 13.3. The van der Waals surface area contributed by atoms with Crippen LogP contribution in [0.25, 0.3) is 16.6 Å². The van der Waals surface area contributed by atoms with Crippen LogP contribution in [0.1, 0.15) is 29.8 Å². The van der Waals surface area contributed by atoms with Gasteiger partial charge in [-0.3, -0.25) is 4.79 Å². The number of halogens is 1. The van der Waals surface area contributed by atoms with E-state index in [1.807, 2.05) is 72.9 Å². The maximum Gasteiger partial charge on any atom is 0.227 e. The molecule has 1 fully saturated rings. The number of amides is 1. The summed E-state index contributed by atoms with van der Waals surface area (Å²) in [5, 5.41) is 15.6. The van der Waals surface area contributed by atoms with Crippen molar-refractivity contribution in [2.24, 2.45) is 5.92 Å².